The summed E-state index contributed by atoms with van der Waals surface area (Å²) in [6, 6.07) is 6.14. The summed E-state index contributed by atoms with van der Waals surface area (Å²) in [5.74, 6) is -0.927. The summed E-state index contributed by atoms with van der Waals surface area (Å²) < 4.78 is 30.3. The monoisotopic (exact) mass is 327 g/mol. The predicted molar refractivity (Wildman–Crippen MR) is 82.9 cm³/mol. The van der Waals surface area contributed by atoms with Crippen LogP contribution >= 0.6 is 0 Å². The van der Waals surface area contributed by atoms with E-state index in [-0.39, 0.29) is 23.6 Å². The molecule has 0 spiro atoms. The lowest BCUT2D eigenvalue weighted by atomic mass is 10.1. The largest absolute Gasteiger partial charge is 0.465 e. The first-order valence-electron chi connectivity index (χ1n) is 7.06. The third kappa shape index (κ3) is 4.07. The van der Waals surface area contributed by atoms with Crippen LogP contribution in [0.25, 0.3) is 0 Å². The first kappa shape index (κ1) is 18.2. The Labute approximate surface area is 130 Å². The molecule has 0 aliphatic heterocycles. The molecule has 0 radical (unpaired) electrons. The van der Waals surface area contributed by atoms with Crippen LogP contribution in [0.3, 0.4) is 0 Å². The van der Waals surface area contributed by atoms with Crippen molar-refractivity contribution in [1.29, 1.82) is 0 Å². The molecule has 0 aromatic heterocycles. The van der Waals surface area contributed by atoms with Crippen molar-refractivity contribution in [1.82, 2.24) is 0 Å². The van der Waals surface area contributed by atoms with Gasteiger partial charge in [-0.25, -0.2) is 8.42 Å². The van der Waals surface area contributed by atoms with Crippen molar-refractivity contribution in [3.05, 3.63) is 29.8 Å². The molecule has 0 saturated heterocycles. The van der Waals surface area contributed by atoms with E-state index in [1.54, 1.807) is 26.0 Å². The molecule has 1 unspecified atom stereocenters. The molecule has 0 amide bonds. The van der Waals surface area contributed by atoms with Crippen LogP contribution in [0.15, 0.2) is 34.3 Å². The Bertz CT molecular complexity index is 634. The molecule has 6 nitrogen and oxygen atoms in total. The summed E-state index contributed by atoms with van der Waals surface area (Å²) >= 11 is 0. The quantitative estimate of drug-likeness (QED) is 0.359. The number of esters is 1. The average molecular weight is 327 g/mol. The van der Waals surface area contributed by atoms with E-state index in [9.17, 15) is 13.2 Å². The van der Waals surface area contributed by atoms with Gasteiger partial charge in [0, 0.05) is 0 Å². The van der Waals surface area contributed by atoms with Gasteiger partial charge in [0.05, 0.1) is 17.2 Å². The number of benzene rings is 1. The molecule has 22 heavy (non-hydrogen) atoms. The maximum atomic E-state index is 12.7. The topological polar surface area (TPSA) is 93.0 Å². The average Bonchev–Trinajstić information content (AvgIpc) is 2.47. The predicted octanol–water partition coefficient (Wildman–Crippen LogP) is 2.33. The third-order valence-electron chi connectivity index (χ3n) is 3.10. The van der Waals surface area contributed by atoms with Crippen LogP contribution in [0.1, 0.15) is 32.3 Å². The SMILES string of the molecule is CCCC(=NO)C(C(=O)OCC)S(=O)(=O)c1ccc(C)cc1. The van der Waals surface area contributed by atoms with E-state index in [1.807, 2.05) is 6.92 Å². The molecule has 0 bridgehead atoms. The van der Waals surface area contributed by atoms with Crippen molar-refractivity contribution in [2.75, 3.05) is 6.61 Å². The lowest BCUT2D eigenvalue weighted by Gasteiger charge is -2.17. The van der Waals surface area contributed by atoms with Crippen LogP contribution in [0, 0.1) is 6.92 Å². The van der Waals surface area contributed by atoms with E-state index < -0.39 is 21.1 Å². The minimum Gasteiger partial charge on any atom is -0.465 e. The van der Waals surface area contributed by atoms with Crippen LogP contribution in [0.5, 0.6) is 0 Å². The zero-order chi connectivity index (χ0) is 16.8. The van der Waals surface area contributed by atoms with Gasteiger partial charge >= 0.3 is 5.97 Å². The van der Waals surface area contributed by atoms with E-state index in [1.165, 1.54) is 12.1 Å². The zero-order valence-electron chi connectivity index (χ0n) is 12.9. The van der Waals surface area contributed by atoms with Gasteiger partial charge in [-0.3, -0.25) is 4.79 Å². The molecular formula is C15H21NO5S. The second-order valence-electron chi connectivity index (χ2n) is 4.83. The summed E-state index contributed by atoms with van der Waals surface area (Å²) in [4.78, 5) is 12.1. The maximum absolute atomic E-state index is 12.7. The highest BCUT2D eigenvalue weighted by Crippen LogP contribution is 2.21. The van der Waals surface area contributed by atoms with Crippen molar-refractivity contribution in [3.63, 3.8) is 0 Å². The molecule has 1 aromatic carbocycles. The minimum atomic E-state index is -4.04. The van der Waals surface area contributed by atoms with E-state index >= 15 is 0 Å². The Hall–Kier alpha value is -1.89. The van der Waals surface area contributed by atoms with Crippen LogP contribution in [0.4, 0.5) is 0 Å². The number of hydrogen-bond donors (Lipinski definition) is 1. The molecule has 0 saturated carbocycles. The van der Waals surface area contributed by atoms with Gasteiger partial charge in [0.2, 0.25) is 5.25 Å². The first-order valence-corrected chi connectivity index (χ1v) is 8.61. The molecular weight excluding hydrogens is 306 g/mol. The number of ether oxygens (including phenoxy) is 1. The van der Waals surface area contributed by atoms with Crippen LogP contribution in [-0.2, 0) is 19.4 Å². The zero-order valence-corrected chi connectivity index (χ0v) is 13.8. The Kier molecular flexibility index (Phi) is 6.55. The van der Waals surface area contributed by atoms with Crippen molar-refractivity contribution < 1.29 is 23.2 Å². The Balaban J connectivity index is 3.35. The number of nitrogens with zero attached hydrogens (tertiary/aromatic N) is 1. The molecule has 1 rings (SSSR count). The highest BCUT2D eigenvalue weighted by molar-refractivity contribution is 7.93. The fourth-order valence-electron chi connectivity index (χ4n) is 2.01. The molecule has 0 fully saturated rings. The maximum Gasteiger partial charge on any atom is 0.330 e. The van der Waals surface area contributed by atoms with E-state index in [4.69, 9.17) is 9.94 Å². The summed E-state index contributed by atoms with van der Waals surface area (Å²) in [6.45, 7) is 5.26. The second-order valence-corrected chi connectivity index (χ2v) is 6.86. The smallest absolute Gasteiger partial charge is 0.330 e. The first-order chi connectivity index (χ1) is 10.4. The highest BCUT2D eigenvalue weighted by Gasteiger charge is 2.39. The Morgan fingerprint density at radius 2 is 1.86 bits per heavy atom. The van der Waals surface area contributed by atoms with Crippen LogP contribution < -0.4 is 0 Å². The van der Waals surface area contributed by atoms with E-state index in [0.29, 0.717) is 6.42 Å². The number of carbonyl (C=O) groups excluding carboxylic acids is 1. The molecule has 0 aliphatic carbocycles. The fourth-order valence-corrected chi connectivity index (χ4v) is 3.65. The third-order valence-corrected chi connectivity index (χ3v) is 5.11. The van der Waals surface area contributed by atoms with Crippen molar-refractivity contribution in [2.24, 2.45) is 5.16 Å². The molecule has 1 N–H and O–H groups in total. The normalized spacial score (nSPS) is 13.7. The number of aryl methyl sites for hydroxylation is 1. The van der Waals surface area contributed by atoms with Crippen molar-refractivity contribution in [3.8, 4) is 0 Å². The highest BCUT2D eigenvalue weighted by atomic mass is 32.2. The summed E-state index contributed by atoms with van der Waals surface area (Å²) in [6.07, 6.45) is 0.726. The van der Waals surface area contributed by atoms with Crippen molar-refractivity contribution >= 4 is 21.5 Å². The number of sulfone groups is 1. The standard InChI is InChI=1S/C15H21NO5S/c1-4-6-13(16-18)14(15(17)21-5-2)22(19,20)12-9-7-11(3)8-10-12/h7-10,14,18H,4-6H2,1-3H3. The van der Waals surface area contributed by atoms with Gasteiger partial charge in [-0.15, -0.1) is 0 Å². The lowest BCUT2D eigenvalue weighted by molar-refractivity contribution is -0.141. The number of oxime groups is 1. The van der Waals surface area contributed by atoms with E-state index in [2.05, 4.69) is 5.16 Å². The molecule has 0 heterocycles. The summed E-state index contributed by atoms with van der Waals surface area (Å²) in [5, 5.41) is 10.5. The van der Waals surface area contributed by atoms with Gasteiger partial charge in [0.25, 0.3) is 0 Å². The van der Waals surface area contributed by atoms with Gasteiger partial charge in [0.15, 0.2) is 9.84 Å². The van der Waals surface area contributed by atoms with Gasteiger partial charge in [-0.1, -0.05) is 36.2 Å². The van der Waals surface area contributed by atoms with Gasteiger partial charge in [-0.05, 0) is 32.4 Å². The summed E-state index contributed by atoms with van der Waals surface area (Å²) in [7, 11) is -4.04. The van der Waals surface area contributed by atoms with Gasteiger partial charge < -0.3 is 9.94 Å². The molecule has 0 aliphatic rings. The number of rotatable bonds is 7. The molecule has 1 atom stereocenters. The van der Waals surface area contributed by atoms with Gasteiger partial charge in [0.1, 0.15) is 0 Å². The van der Waals surface area contributed by atoms with Gasteiger partial charge in [-0.2, -0.15) is 0 Å². The lowest BCUT2D eigenvalue weighted by Crippen LogP contribution is -2.39. The Morgan fingerprint density at radius 3 is 2.32 bits per heavy atom. The minimum absolute atomic E-state index is 0.00611. The van der Waals surface area contributed by atoms with Crippen LogP contribution in [-0.4, -0.2) is 37.2 Å². The fraction of sp³-hybridized carbons (Fsp3) is 0.467. The van der Waals surface area contributed by atoms with E-state index in [0.717, 1.165) is 5.56 Å². The molecule has 1 aromatic rings. The summed E-state index contributed by atoms with van der Waals surface area (Å²) in [5.41, 5.74) is 0.790. The molecule has 122 valence electrons. The second kappa shape index (κ2) is 7.93. The number of hydrogen-bond acceptors (Lipinski definition) is 6. The molecule has 7 heteroatoms. The van der Waals surface area contributed by atoms with Crippen LogP contribution in [0.2, 0.25) is 0 Å². The number of carbonyl (C=O) groups is 1. The Morgan fingerprint density at radius 1 is 1.27 bits per heavy atom. The van der Waals surface area contributed by atoms with Crippen molar-refractivity contribution in [2.45, 2.75) is 43.8 Å².